The number of hydrogen-bond donors (Lipinski definition) is 2. The molecular formula is C22H25Cl2N3O4. The van der Waals surface area contributed by atoms with Crippen LogP contribution in [0, 0.1) is 0 Å². The lowest BCUT2D eigenvalue weighted by atomic mass is 10.2. The Morgan fingerprint density at radius 2 is 1.74 bits per heavy atom. The first-order chi connectivity index (χ1) is 14.8. The van der Waals surface area contributed by atoms with E-state index in [1.54, 1.807) is 37.4 Å². The fourth-order valence-corrected chi connectivity index (χ4v) is 3.21. The summed E-state index contributed by atoms with van der Waals surface area (Å²) >= 11 is 12.0. The van der Waals surface area contributed by atoms with E-state index in [2.05, 4.69) is 10.6 Å². The van der Waals surface area contributed by atoms with Crippen LogP contribution < -0.4 is 15.4 Å². The van der Waals surface area contributed by atoms with Crippen molar-refractivity contribution < 1.29 is 19.1 Å². The Kier molecular flexibility index (Phi) is 9.62. The molecule has 0 bridgehead atoms. The summed E-state index contributed by atoms with van der Waals surface area (Å²) < 4.78 is 5.07. The Balaban J connectivity index is 1.93. The third-order valence-electron chi connectivity index (χ3n) is 4.38. The number of benzene rings is 2. The minimum Gasteiger partial charge on any atom is -0.497 e. The van der Waals surface area contributed by atoms with Crippen molar-refractivity contribution in [1.29, 1.82) is 0 Å². The molecule has 0 atom stereocenters. The fourth-order valence-electron chi connectivity index (χ4n) is 2.72. The lowest BCUT2D eigenvalue weighted by Gasteiger charge is -2.22. The van der Waals surface area contributed by atoms with E-state index in [4.69, 9.17) is 27.9 Å². The molecule has 0 aromatic heterocycles. The number of carbonyl (C=O) groups excluding carboxylic acids is 3. The van der Waals surface area contributed by atoms with Crippen LogP contribution >= 0.6 is 23.2 Å². The van der Waals surface area contributed by atoms with E-state index in [0.29, 0.717) is 23.0 Å². The molecule has 0 saturated carbocycles. The lowest BCUT2D eigenvalue weighted by Crippen LogP contribution is -2.43. The van der Waals surface area contributed by atoms with Gasteiger partial charge in [0.15, 0.2) is 0 Å². The van der Waals surface area contributed by atoms with Crippen LogP contribution in [0.4, 0.5) is 5.69 Å². The van der Waals surface area contributed by atoms with Crippen molar-refractivity contribution in [3.63, 3.8) is 0 Å². The largest absolute Gasteiger partial charge is 0.497 e. The van der Waals surface area contributed by atoms with Crippen molar-refractivity contribution in [1.82, 2.24) is 10.2 Å². The van der Waals surface area contributed by atoms with Gasteiger partial charge in [-0.15, -0.1) is 0 Å². The van der Waals surface area contributed by atoms with Gasteiger partial charge in [0.2, 0.25) is 11.8 Å². The molecular weight excluding hydrogens is 441 g/mol. The number of nitrogens with zero attached hydrogens (tertiary/aromatic N) is 1. The summed E-state index contributed by atoms with van der Waals surface area (Å²) in [4.78, 5) is 38.8. The van der Waals surface area contributed by atoms with E-state index >= 15 is 0 Å². The second-order valence-corrected chi connectivity index (χ2v) is 7.60. The maximum Gasteiger partial charge on any atom is 0.255 e. The molecule has 2 rings (SSSR count). The maximum atomic E-state index is 12.9. The van der Waals surface area contributed by atoms with Crippen LogP contribution in [-0.2, 0) is 9.59 Å². The van der Waals surface area contributed by atoms with Crippen molar-refractivity contribution in [2.45, 2.75) is 19.8 Å². The van der Waals surface area contributed by atoms with E-state index in [0.717, 1.165) is 12.8 Å². The van der Waals surface area contributed by atoms with E-state index in [-0.39, 0.29) is 35.5 Å². The van der Waals surface area contributed by atoms with E-state index in [1.807, 2.05) is 6.92 Å². The molecule has 0 saturated heterocycles. The SMILES string of the molecule is CCCCN(CC(=O)NCC(=O)Nc1ccc(OC)cc1)C(=O)c1ccc(Cl)cc1Cl. The number of amides is 3. The summed E-state index contributed by atoms with van der Waals surface area (Å²) in [5, 5.41) is 5.86. The fraction of sp³-hybridized carbons (Fsp3) is 0.318. The number of methoxy groups -OCH3 is 1. The highest BCUT2D eigenvalue weighted by atomic mass is 35.5. The molecule has 0 aliphatic carbocycles. The van der Waals surface area contributed by atoms with E-state index in [9.17, 15) is 14.4 Å². The molecule has 2 aromatic carbocycles. The Morgan fingerprint density at radius 1 is 1.03 bits per heavy atom. The molecule has 31 heavy (non-hydrogen) atoms. The number of halogens is 2. The molecule has 9 heteroatoms. The summed E-state index contributed by atoms with van der Waals surface area (Å²) in [6.07, 6.45) is 1.58. The molecule has 2 aromatic rings. The topological polar surface area (TPSA) is 87.7 Å². The van der Waals surface area contributed by atoms with Crippen molar-refractivity contribution >= 4 is 46.6 Å². The van der Waals surface area contributed by atoms with Crippen molar-refractivity contribution in [3.05, 3.63) is 58.1 Å². The molecule has 0 aliphatic rings. The van der Waals surface area contributed by atoms with Crippen LogP contribution in [-0.4, -0.2) is 49.4 Å². The molecule has 0 aliphatic heterocycles. The summed E-state index contributed by atoms with van der Waals surface area (Å²) in [6, 6.07) is 11.4. The number of rotatable bonds is 10. The van der Waals surface area contributed by atoms with Crippen molar-refractivity contribution in [3.8, 4) is 5.75 Å². The Labute approximate surface area is 191 Å². The molecule has 2 N–H and O–H groups in total. The van der Waals surface area contributed by atoms with Gasteiger partial charge < -0.3 is 20.3 Å². The minimum absolute atomic E-state index is 0.187. The average Bonchev–Trinajstić information content (AvgIpc) is 2.75. The van der Waals surface area contributed by atoms with Gasteiger partial charge in [-0.2, -0.15) is 0 Å². The number of carbonyl (C=O) groups is 3. The number of unbranched alkanes of at least 4 members (excludes halogenated alkanes) is 1. The zero-order chi connectivity index (χ0) is 22.8. The summed E-state index contributed by atoms with van der Waals surface area (Å²) in [6.45, 7) is 1.97. The van der Waals surface area contributed by atoms with E-state index in [1.165, 1.54) is 17.0 Å². The zero-order valence-corrected chi connectivity index (χ0v) is 18.9. The summed E-state index contributed by atoms with van der Waals surface area (Å²) in [7, 11) is 1.55. The van der Waals surface area contributed by atoms with Gasteiger partial charge in [-0.25, -0.2) is 0 Å². The molecule has 0 unspecified atom stereocenters. The third-order valence-corrected chi connectivity index (χ3v) is 4.93. The van der Waals surface area contributed by atoms with Crippen LogP contribution in [0.25, 0.3) is 0 Å². The highest BCUT2D eigenvalue weighted by Gasteiger charge is 2.21. The normalized spacial score (nSPS) is 10.3. The monoisotopic (exact) mass is 465 g/mol. The van der Waals surface area contributed by atoms with Gasteiger partial charge >= 0.3 is 0 Å². The first-order valence-corrected chi connectivity index (χ1v) is 10.5. The van der Waals surface area contributed by atoms with Gasteiger partial charge in [-0.1, -0.05) is 36.5 Å². The first kappa shape index (κ1) is 24.5. The van der Waals surface area contributed by atoms with Crippen molar-refractivity contribution in [2.24, 2.45) is 0 Å². The Morgan fingerprint density at radius 3 is 2.35 bits per heavy atom. The van der Waals surface area contributed by atoms with Crippen molar-refractivity contribution in [2.75, 3.05) is 32.1 Å². The Bertz CT molecular complexity index is 919. The van der Waals surface area contributed by atoms with Crippen LogP contribution in [0.15, 0.2) is 42.5 Å². The molecule has 3 amide bonds. The highest BCUT2D eigenvalue weighted by molar-refractivity contribution is 6.36. The van der Waals surface area contributed by atoms with Crippen LogP contribution in [0.3, 0.4) is 0 Å². The number of anilines is 1. The van der Waals surface area contributed by atoms with Gasteiger partial charge in [0, 0.05) is 17.3 Å². The van der Waals surface area contributed by atoms with Crippen LogP contribution in [0.2, 0.25) is 10.0 Å². The maximum absolute atomic E-state index is 12.9. The predicted octanol–water partition coefficient (Wildman–Crippen LogP) is 4.00. The van der Waals surface area contributed by atoms with E-state index < -0.39 is 5.91 Å². The van der Waals surface area contributed by atoms with Gasteiger partial charge in [-0.3, -0.25) is 14.4 Å². The molecule has 7 nitrogen and oxygen atoms in total. The number of hydrogen-bond acceptors (Lipinski definition) is 4. The second-order valence-electron chi connectivity index (χ2n) is 6.76. The highest BCUT2D eigenvalue weighted by Crippen LogP contribution is 2.22. The predicted molar refractivity (Wildman–Crippen MR) is 122 cm³/mol. The summed E-state index contributed by atoms with van der Waals surface area (Å²) in [5.41, 5.74) is 0.851. The van der Waals surface area contributed by atoms with Crippen LogP contribution in [0.5, 0.6) is 5.75 Å². The van der Waals surface area contributed by atoms with Gasteiger partial charge in [0.05, 0.1) is 30.8 Å². The number of nitrogens with one attached hydrogen (secondary N) is 2. The molecule has 0 spiro atoms. The van der Waals surface area contributed by atoms with Gasteiger partial charge in [-0.05, 0) is 48.9 Å². The van der Waals surface area contributed by atoms with Crippen LogP contribution in [0.1, 0.15) is 30.1 Å². The minimum atomic E-state index is -0.445. The lowest BCUT2D eigenvalue weighted by molar-refractivity contribution is -0.124. The second kappa shape index (κ2) is 12.2. The van der Waals surface area contributed by atoms with Gasteiger partial charge in [0.1, 0.15) is 5.75 Å². The molecule has 166 valence electrons. The molecule has 0 fully saturated rings. The third kappa shape index (κ3) is 7.77. The quantitative estimate of drug-likeness (QED) is 0.554. The standard InChI is InChI=1S/C22H25Cl2N3O4/c1-3-4-11-27(22(30)18-10-5-15(23)12-19(18)24)14-21(29)25-13-20(28)26-16-6-8-17(31-2)9-7-16/h5-10,12H,3-4,11,13-14H2,1-2H3,(H,25,29)(H,26,28). The summed E-state index contributed by atoms with van der Waals surface area (Å²) in [5.74, 6) is -0.526. The zero-order valence-electron chi connectivity index (χ0n) is 17.4. The Hall–Kier alpha value is -2.77. The molecule has 0 heterocycles. The smallest absolute Gasteiger partial charge is 0.255 e. The van der Waals surface area contributed by atoms with Gasteiger partial charge in [0.25, 0.3) is 5.91 Å². The molecule has 0 radical (unpaired) electrons. The average molecular weight is 466 g/mol. The number of ether oxygens (including phenoxy) is 1. The first-order valence-electron chi connectivity index (χ1n) is 9.79.